The molecule has 0 amide bonds. The third-order valence-corrected chi connectivity index (χ3v) is 5.00. The topological polar surface area (TPSA) is 25.8 Å². The molecular formula is C32H28IrN2-2. The van der Waals surface area contributed by atoms with E-state index in [4.69, 9.17) is 13.7 Å². The molecule has 0 saturated heterocycles. The normalized spacial score (nSPS) is 15.8. The Balaban J connectivity index is 0.000000276. The van der Waals surface area contributed by atoms with E-state index in [0.29, 0.717) is 0 Å². The molecule has 2 heterocycles. The van der Waals surface area contributed by atoms with E-state index in [9.17, 15) is 0 Å². The van der Waals surface area contributed by atoms with E-state index < -0.39 is 26.4 Å². The smallest absolute Gasteiger partial charge is 0.0347 e. The van der Waals surface area contributed by atoms with Gasteiger partial charge in [0.1, 0.15) is 0 Å². The first-order chi connectivity index (χ1) is 20.6. The van der Waals surface area contributed by atoms with Crippen molar-refractivity contribution < 1.29 is 33.8 Å². The fourth-order valence-electron chi connectivity index (χ4n) is 3.25. The van der Waals surface area contributed by atoms with Gasteiger partial charge in [-0.15, -0.1) is 71.8 Å². The van der Waals surface area contributed by atoms with E-state index in [1.54, 1.807) is 42.6 Å². The monoisotopic (exact) mass is 643 g/mol. The molecule has 0 aliphatic heterocycles. The van der Waals surface area contributed by atoms with Gasteiger partial charge in [-0.25, -0.2) is 0 Å². The van der Waals surface area contributed by atoms with Crippen molar-refractivity contribution >= 4 is 0 Å². The van der Waals surface area contributed by atoms with Crippen LogP contribution in [-0.2, 0) is 20.1 Å². The molecule has 1 radical (unpaired) electrons. The number of pyridine rings is 2. The summed E-state index contributed by atoms with van der Waals surface area (Å²) in [5.74, 6) is -2.69. The van der Waals surface area contributed by atoms with E-state index in [2.05, 4.69) is 22.1 Å². The number of nitrogens with zero attached hydrogens (tertiary/aromatic N) is 2. The van der Waals surface area contributed by atoms with Gasteiger partial charge in [0.05, 0.1) is 0 Å². The zero-order valence-corrected chi connectivity index (χ0v) is 21.0. The molecule has 0 saturated carbocycles. The van der Waals surface area contributed by atoms with Gasteiger partial charge in [-0.2, -0.15) is 0 Å². The molecule has 2 nitrogen and oxygen atoms in total. The number of benzene rings is 3. The van der Waals surface area contributed by atoms with Crippen LogP contribution in [0.25, 0.3) is 33.6 Å². The van der Waals surface area contributed by atoms with E-state index in [1.165, 1.54) is 18.3 Å². The number of hydrogen-bond donors (Lipinski definition) is 0. The molecule has 0 fully saturated rings. The molecule has 0 aliphatic carbocycles. The molecule has 3 heteroatoms. The second kappa shape index (κ2) is 12.9. The second-order valence-electron chi connectivity index (χ2n) is 7.37. The number of hydrogen-bond acceptors (Lipinski definition) is 2. The largest absolute Gasteiger partial charge is 0.305 e. The van der Waals surface area contributed by atoms with Crippen LogP contribution in [0.5, 0.6) is 0 Å². The maximum absolute atomic E-state index is 8.25. The second-order valence-corrected chi connectivity index (χ2v) is 7.37. The van der Waals surface area contributed by atoms with Crippen LogP contribution in [-0.4, -0.2) is 9.97 Å². The zero-order chi connectivity index (χ0) is 32.2. The summed E-state index contributed by atoms with van der Waals surface area (Å²) in [6.07, 6.45) is 3.06. The van der Waals surface area contributed by atoms with Gasteiger partial charge in [0.15, 0.2) is 0 Å². The van der Waals surface area contributed by atoms with Gasteiger partial charge in [0.2, 0.25) is 0 Å². The molecule has 0 atom stereocenters. The minimum Gasteiger partial charge on any atom is -0.305 e. The van der Waals surface area contributed by atoms with E-state index >= 15 is 0 Å². The average molecular weight is 643 g/mol. The Bertz CT molecular complexity index is 1640. The van der Waals surface area contributed by atoms with Crippen LogP contribution in [0, 0.1) is 19.0 Å². The molecule has 0 unspecified atom stereocenters. The Morgan fingerprint density at radius 1 is 0.743 bits per heavy atom. The Morgan fingerprint density at radius 2 is 1.46 bits per heavy atom. The summed E-state index contributed by atoms with van der Waals surface area (Å²) in [5, 5.41) is 0. The van der Waals surface area contributed by atoms with E-state index in [0.717, 1.165) is 33.6 Å². The van der Waals surface area contributed by atoms with Crippen molar-refractivity contribution in [1.29, 1.82) is 0 Å². The fourth-order valence-corrected chi connectivity index (χ4v) is 3.25. The molecule has 0 bridgehead atoms. The van der Waals surface area contributed by atoms with Gasteiger partial charge in [-0.05, 0) is 52.5 Å². The molecule has 0 spiro atoms. The number of rotatable bonds is 4. The van der Waals surface area contributed by atoms with Gasteiger partial charge in [-0.3, -0.25) is 0 Å². The summed E-state index contributed by atoms with van der Waals surface area (Å²) in [6.45, 7) is -8.08. The molecule has 35 heavy (non-hydrogen) atoms. The Kier molecular flexibility index (Phi) is 5.74. The van der Waals surface area contributed by atoms with Gasteiger partial charge < -0.3 is 9.97 Å². The van der Waals surface area contributed by atoms with Crippen LogP contribution >= 0.6 is 0 Å². The third kappa shape index (κ3) is 7.29. The predicted octanol–water partition coefficient (Wildman–Crippen LogP) is 8.19. The molecule has 5 aromatic rings. The van der Waals surface area contributed by atoms with Crippen molar-refractivity contribution in [3.8, 4) is 33.6 Å². The molecule has 177 valence electrons. The van der Waals surface area contributed by atoms with Crippen molar-refractivity contribution in [1.82, 2.24) is 9.97 Å². The molecule has 0 N–H and O–H groups in total. The van der Waals surface area contributed by atoms with E-state index in [-0.39, 0.29) is 31.2 Å². The Morgan fingerprint density at radius 3 is 2.03 bits per heavy atom. The summed E-state index contributed by atoms with van der Waals surface area (Å²) in [7, 11) is 0. The van der Waals surface area contributed by atoms with Gasteiger partial charge in [0, 0.05) is 46.2 Å². The fraction of sp³-hybridized carbons (Fsp3) is 0.125. The first-order valence-electron chi connectivity index (χ1n) is 15.6. The Hall–Kier alpha value is -3.39. The van der Waals surface area contributed by atoms with Crippen LogP contribution in [0.15, 0.2) is 109 Å². The van der Waals surface area contributed by atoms with Gasteiger partial charge >= 0.3 is 0 Å². The number of aryl methyl sites for hydroxylation is 1. The van der Waals surface area contributed by atoms with Crippen molar-refractivity contribution in [2.45, 2.75) is 26.4 Å². The van der Waals surface area contributed by atoms with Crippen LogP contribution in [0.2, 0.25) is 0 Å². The van der Waals surface area contributed by atoms with Crippen LogP contribution in [0.3, 0.4) is 0 Å². The molecular weight excluding hydrogens is 605 g/mol. The summed E-state index contributed by atoms with van der Waals surface area (Å²) in [5.41, 5.74) is 4.97. The molecule has 3 aromatic carbocycles. The minimum atomic E-state index is -2.99. The predicted molar refractivity (Wildman–Crippen MR) is 141 cm³/mol. The quantitative estimate of drug-likeness (QED) is 0.185. The van der Waals surface area contributed by atoms with E-state index in [1.807, 2.05) is 48.5 Å². The SMILES string of the molecule is [2H]C([2H])([2H])C([2H])(c1ccc(-c2ccnc(-c3[c-]cccc3)c2)cc1)C([2H])([2H])[2H].[2H]C([2H])([2H])c1ccc(-c2[c-]cccc2)nc1.[Ir]. The van der Waals surface area contributed by atoms with Crippen molar-refractivity contribution in [2.24, 2.45) is 0 Å². The average Bonchev–Trinajstić information content (AvgIpc) is 3.00. The summed E-state index contributed by atoms with van der Waals surface area (Å²) < 4.78 is 75.5. The van der Waals surface area contributed by atoms with Crippen LogP contribution < -0.4 is 0 Å². The third-order valence-electron chi connectivity index (χ3n) is 5.00. The van der Waals surface area contributed by atoms with Crippen molar-refractivity contribution in [3.05, 3.63) is 133 Å². The maximum Gasteiger partial charge on any atom is 0.0347 e. The first-order valence-corrected chi connectivity index (χ1v) is 10.6. The summed E-state index contributed by atoms with van der Waals surface area (Å²) in [6, 6.07) is 34.1. The molecule has 0 aliphatic rings. The van der Waals surface area contributed by atoms with Gasteiger partial charge in [-0.1, -0.05) is 56.2 Å². The van der Waals surface area contributed by atoms with Crippen molar-refractivity contribution in [2.75, 3.05) is 0 Å². The molecule has 2 aromatic heterocycles. The Labute approximate surface area is 236 Å². The zero-order valence-electron chi connectivity index (χ0n) is 28.6. The minimum absolute atomic E-state index is 0. The first kappa shape index (κ1) is 15.6. The van der Waals surface area contributed by atoms with Crippen LogP contribution in [0.1, 0.15) is 44.4 Å². The van der Waals surface area contributed by atoms with Gasteiger partial charge in [0.25, 0.3) is 0 Å². The van der Waals surface area contributed by atoms with Crippen molar-refractivity contribution in [3.63, 3.8) is 0 Å². The van der Waals surface area contributed by atoms with Crippen LogP contribution in [0.4, 0.5) is 0 Å². The standard InChI is InChI=1S/C20H18N.C12H10N.Ir/c1-15(2)16-8-10-17(11-9-16)19-12-13-21-20(14-19)18-6-4-3-5-7-18;1-10-7-8-12(13-9-10)11-5-3-2-4-6-11;/h3-6,8-15H,1-2H3;2-5,7-9H,1H3;/q2*-1;/i1D3,2D3,15D;1D3;. The molecule has 5 rings (SSSR count). The summed E-state index contributed by atoms with van der Waals surface area (Å²) in [4.78, 5) is 8.47. The number of aromatic nitrogens is 2. The summed E-state index contributed by atoms with van der Waals surface area (Å²) >= 11 is 0. The maximum atomic E-state index is 8.25.